The van der Waals surface area contributed by atoms with Crippen molar-refractivity contribution in [3.05, 3.63) is 78.1 Å². The summed E-state index contributed by atoms with van der Waals surface area (Å²) in [5.74, 6) is 1.87. The zero-order valence-electron chi connectivity index (χ0n) is 21.5. The van der Waals surface area contributed by atoms with Gasteiger partial charge in [-0.1, -0.05) is 29.8 Å². The largest absolute Gasteiger partial charge is 0.383 e. The van der Waals surface area contributed by atoms with E-state index in [0.717, 1.165) is 93.8 Å². The maximum absolute atomic E-state index is 6.12. The summed E-state index contributed by atoms with van der Waals surface area (Å²) < 4.78 is 0. The third-order valence-corrected chi connectivity index (χ3v) is 7.69. The van der Waals surface area contributed by atoms with Gasteiger partial charge in [-0.25, -0.2) is 4.98 Å². The molecule has 1 N–H and O–H groups in total. The first-order valence-electron chi connectivity index (χ1n) is 13.4. The molecule has 2 aromatic carbocycles. The predicted molar refractivity (Wildman–Crippen MR) is 157 cm³/mol. The van der Waals surface area contributed by atoms with E-state index in [1.165, 1.54) is 5.69 Å². The highest BCUT2D eigenvalue weighted by Crippen LogP contribution is 2.24. The lowest BCUT2D eigenvalue weighted by Gasteiger charge is -2.37. The van der Waals surface area contributed by atoms with Gasteiger partial charge in [-0.15, -0.1) is 0 Å². The number of benzene rings is 2. The number of anilines is 4. The molecule has 0 atom stereocenters. The Morgan fingerprint density at radius 2 is 1.47 bits per heavy atom. The number of fused-ring (bicyclic) bond motifs is 1. The number of hydrogen-bond donors (Lipinski definition) is 1. The first-order valence-corrected chi connectivity index (χ1v) is 13.7. The molecule has 38 heavy (non-hydrogen) atoms. The summed E-state index contributed by atoms with van der Waals surface area (Å²) in [5, 5.41) is 5.40. The second-order valence-corrected chi connectivity index (χ2v) is 10.2. The number of rotatable bonds is 7. The molecule has 0 aliphatic carbocycles. The summed E-state index contributed by atoms with van der Waals surface area (Å²) in [5.41, 5.74) is 3.30. The lowest BCUT2D eigenvalue weighted by molar-refractivity contribution is 0.266. The quantitative estimate of drug-likeness (QED) is 0.382. The predicted octanol–water partition coefficient (Wildman–Crippen LogP) is 4.24. The Kier molecular flexibility index (Phi) is 7.42. The van der Waals surface area contributed by atoms with Gasteiger partial charge >= 0.3 is 0 Å². The summed E-state index contributed by atoms with van der Waals surface area (Å²) >= 11 is 6.12. The standard InChI is InChI=1S/C29H33ClN8/c30-23-6-7-25-26(8-10-31-27(25)22-23)32-12-13-35-14-16-37(17-15-35)28-9-11-33-29(34-28)38-20-18-36(19-21-38)24-4-2-1-3-5-24/h1-11,22H,12-21H2,(H,31,32). The minimum absolute atomic E-state index is 0.710. The number of aromatic nitrogens is 3. The minimum atomic E-state index is 0.710. The number of pyridine rings is 1. The molecular formula is C29H33ClN8. The van der Waals surface area contributed by atoms with Gasteiger partial charge in [0.05, 0.1) is 5.52 Å². The second kappa shape index (κ2) is 11.4. The Morgan fingerprint density at radius 3 is 2.29 bits per heavy atom. The topological polar surface area (TPSA) is 63.7 Å². The van der Waals surface area contributed by atoms with E-state index < -0.39 is 0 Å². The second-order valence-electron chi connectivity index (χ2n) is 9.80. The molecule has 4 heterocycles. The first kappa shape index (κ1) is 24.7. The zero-order valence-corrected chi connectivity index (χ0v) is 22.3. The Hall–Kier alpha value is -3.62. The van der Waals surface area contributed by atoms with Crippen molar-refractivity contribution in [2.24, 2.45) is 0 Å². The lowest BCUT2D eigenvalue weighted by Crippen LogP contribution is -2.48. The third-order valence-electron chi connectivity index (χ3n) is 7.46. The lowest BCUT2D eigenvalue weighted by atomic mass is 10.2. The Morgan fingerprint density at radius 1 is 0.737 bits per heavy atom. The SMILES string of the molecule is Clc1ccc2c(NCCN3CCN(c4ccnc(N5CCN(c6ccccc6)CC5)n4)CC3)ccnc2c1. The molecule has 0 unspecified atom stereocenters. The van der Waals surface area contributed by atoms with Crippen LogP contribution in [0.15, 0.2) is 73.1 Å². The van der Waals surface area contributed by atoms with Crippen LogP contribution in [0.4, 0.5) is 23.1 Å². The number of piperazine rings is 2. The molecule has 0 radical (unpaired) electrons. The molecule has 6 rings (SSSR count). The van der Waals surface area contributed by atoms with Gasteiger partial charge < -0.3 is 20.0 Å². The van der Waals surface area contributed by atoms with Crippen LogP contribution in [0.2, 0.25) is 5.02 Å². The van der Waals surface area contributed by atoms with Crippen LogP contribution in [0.3, 0.4) is 0 Å². The van der Waals surface area contributed by atoms with Gasteiger partial charge in [0, 0.05) is 99.6 Å². The molecule has 2 aliphatic rings. The van der Waals surface area contributed by atoms with Gasteiger partial charge in [-0.05, 0) is 42.5 Å². The highest BCUT2D eigenvalue weighted by molar-refractivity contribution is 6.31. The fraction of sp³-hybridized carbons (Fsp3) is 0.345. The molecule has 9 heteroatoms. The Bertz CT molecular complexity index is 1350. The van der Waals surface area contributed by atoms with Gasteiger partial charge in [0.25, 0.3) is 0 Å². The number of nitrogens with zero attached hydrogens (tertiary/aromatic N) is 7. The van der Waals surface area contributed by atoms with Crippen molar-refractivity contribution in [1.29, 1.82) is 0 Å². The van der Waals surface area contributed by atoms with Crippen molar-refractivity contribution in [3.8, 4) is 0 Å². The molecule has 2 aromatic heterocycles. The summed E-state index contributed by atoms with van der Waals surface area (Å²) in [7, 11) is 0. The van der Waals surface area contributed by atoms with E-state index in [2.05, 4.69) is 65.2 Å². The van der Waals surface area contributed by atoms with Crippen molar-refractivity contribution in [2.75, 3.05) is 85.5 Å². The van der Waals surface area contributed by atoms with Crippen LogP contribution in [0, 0.1) is 0 Å². The highest BCUT2D eigenvalue weighted by Gasteiger charge is 2.22. The van der Waals surface area contributed by atoms with Crippen molar-refractivity contribution >= 4 is 45.6 Å². The monoisotopic (exact) mass is 528 g/mol. The first-order chi connectivity index (χ1) is 18.7. The molecule has 0 amide bonds. The van der Waals surface area contributed by atoms with Crippen LogP contribution in [-0.2, 0) is 0 Å². The van der Waals surface area contributed by atoms with E-state index in [0.29, 0.717) is 5.02 Å². The van der Waals surface area contributed by atoms with Crippen molar-refractivity contribution in [1.82, 2.24) is 19.9 Å². The van der Waals surface area contributed by atoms with Crippen LogP contribution in [0.25, 0.3) is 10.9 Å². The average molecular weight is 529 g/mol. The molecule has 196 valence electrons. The fourth-order valence-corrected chi connectivity index (χ4v) is 5.46. The van der Waals surface area contributed by atoms with Crippen LogP contribution in [0.1, 0.15) is 0 Å². The molecule has 2 saturated heterocycles. The van der Waals surface area contributed by atoms with Gasteiger partial charge in [0.2, 0.25) is 5.95 Å². The van der Waals surface area contributed by atoms with E-state index >= 15 is 0 Å². The summed E-state index contributed by atoms with van der Waals surface area (Å²) in [4.78, 5) is 23.6. The van der Waals surface area contributed by atoms with Gasteiger partial charge in [0.15, 0.2) is 0 Å². The van der Waals surface area contributed by atoms with E-state index in [-0.39, 0.29) is 0 Å². The van der Waals surface area contributed by atoms with Crippen LogP contribution < -0.4 is 20.0 Å². The molecule has 4 aromatic rings. The maximum Gasteiger partial charge on any atom is 0.227 e. The van der Waals surface area contributed by atoms with Crippen LogP contribution in [-0.4, -0.2) is 85.3 Å². The average Bonchev–Trinajstić information content (AvgIpc) is 2.98. The van der Waals surface area contributed by atoms with E-state index in [1.54, 1.807) is 0 Å². The minimum Gasteiger partial charge on any atom is -0.383 e. The summed E-state index contributed by atoms with van der Waals surface area (Å²) in [6.45, 7) is 9.66. The molecule has 2 fully saturated rings. The summed E-state index contributed by atoms with van der Waals surface area (Å²) in [6, 6.07) is 20.6. The van der Waals surface area contributed by atoms with Gasteiger partial charge in [-0.3, -0.25) is 9.88 Å². The molecule has 2 aliphatic heterocycles. The number of nitrogens with one attached hydrogen (secondary N) is 1. The smallest absolute Gasteiger partial charge is 0.227 e. The van der Waals surface area contributed by atoms with Crippen molar-refractivity contribution in [2.45, 2.75) is 0 Å². The van der Waals surface area contributed by atoms with Crippen molar-refractivity contribution in [3.63, 3.8) is 0 Å². The normalized spacial score (nSPS) is 16.7. The van der Waals surface area contributed by atoms with Crippen LogP contribution >= 0.6 is 11.6 Å². The van der Waals surface area contributed by atoms with E-state index in [9.17, 15) is 0 Å². The number of para-hydroxylation sites is 1. The van der Waals surface area contributed by atoms with E-state index in [4.69, 9.17) is 16.6 Å². The molecular weight excluding hydrogens is 496 g/mol. The molecule has 8 nitrogen and oxygen atoms in total. The fourth-order valence-electron chi connectivity index (χ4n) is 5.30. The number of hydrogen-bond acceptors (Lipinski definition) is 8. The van der Waals surface area contributed by atoms with Crippen LogP contribution in [0.5, 0.6) is 0 Å². The molecule has 0 spiro atoms. The number of halogens is 1. The van der Waals surface area contributed by atoms with Gasteiger partial charge in [0.1, 0.15) is 5.82 Å². The highest BCUT2D eigenvalue weighted by atomic mass is 35.5. The summed E-state index contributed by atoms with van der Waals surface area (Å²) in [6.07, 6.45) is 3.74. The van der Waals surface area contributed by atoms with Gasteiger partial charge in [-0.2, -0.15) is 4.98 Å². The molecule has 0 bridgehead atoms. The zero-order chi connectivity index (χ0) is 25.7. The molecule has 0 saturated carbocycles. The van der Waals surface area contributed by atoms with Crippen molar-refractivity contribution < 1.29 is 0 Å². The Balaban J connectivity index is 0.989. The van der Waals surface area contributed by atoms with E-state index in [1.807, 2.05) is 42.7 Å². The third kappa shape index (κ3) is 5.61. The maximum atomic E-state index is 6.12. The Labute approximate surface area is 228 Å².